The number of benzene rings is 2. The zero-order valence-electron chi connectivity index (χ0n) is 20.6. The summed E-state index contributed by atoms with van der Waals surface area (Å²) in [6.45, 7) is 13.8. The highest BCUT2D eigenvalue weighted by atomic mass is 16.6. The van der Waals surface area contributed by atoms with Crippen LogP contribution in [0.1, 0.15) is 89.2 Å². The van der Waals surface area contributed by atoms with Crippen molar-refractivity contribution in [3.8, 4) is 5.75 Å². The van der Waals surface area contributed by atoms with Crippen molar-refractivity contribution >= 4 is 17.5 Å². The Kier molecular flexibility index (Phi) is 4.27. The molecule has 1 saturated heterocycles. The van der Waals surface area contributed by atoms with Crippen LogP contribution in [-0.2, 0) is 10.2 Å². The van der Waals surface area contributed by atoms with Crippen LogP contribution < -0.4 is 4.74 Å². The summed E-state index contributed by atoms with van der Waals surface area (Å²) in [5.41, 5.74) is 10.9. The first-order chi connectivity index (χ1) is 15.6. The summed E-state index contributed by atoms with van der Waals surface area (Å²) < 4.78 is 11.8. The van der Waals surface area contributed by atoms with E-state index in [1.165, 1.54) is 23.1 Å². The molecule has 33 heavy (non-hydrogen) atoms. The van der Waals surface area contributed by atoms with E-state index >= 15 is 0 Å². The third-order valence-electron chi connectivity index (χ3n) is 7.86. The molecule has 2 atom stereocenters. The highest BCUT2D eigenvalue weighted by Gasteiger charge is 2.51. The van der Waals surface area contributed by atoms with Crippen LogP contribution in [0, 0.1) is 10.8 Å². The van der Waals surface area contributed by atoms with E-state index in [4.69, 9.17) is 14.5 Å². The third kappa shape index (κ3) is 3.41. The van der Waals surface area contributed by atoms with E-state index in [2.05, 4.69) is 82.8 Å². The molecule has 4 aliphatic rings. The van der Waals surface area contributed by atoms with Crippen LogP contribution in [0.2, 0.25) is 0 Å². The number of rotatable bonds is 2. The molecular formula is C30H33NO2. The minimum Gasteiger partial charge on any atom is -0.453 e. The fourth-order valence-corrected chi connectivity index (χ4v) is 7.22. The molecule has 0 spiro atoms. The largest absolute Gasteiger partial charge is 0.453 e. The van der Waals surface area contributed by atoms with Crippen LogP contribution in [0.15, 0.2) is 52.9 Å². The van der Waals surface area contributed by atoms with Gasteiger partial charge in [-0.2, -0.15) is 0 Å². The van der Waals surface area contributed by atoms with E-state index < -0.39 is 0 Å². The molecule has 1 saturated carbocycles. The summed E-state index contributed by atoms with van der Waals surface area (Å²) in [4.78, 5) is 4.95. The van der Waals surface area contributed by atoms with E-state index in [0.29, 0.717) is 0 Å². The normalized spacial score (nSPS) is 27.3. The maximum absolute atomic E-state index is 5.94. The molecule has 1 aliphatic carbocycles. The predicted molar refractivity (Wildman–Crippen MR) is 133 cm³/mol. The van der Waals surface area contributed by atoms with Gasteiger partial charge in [-0.25, -0.2) is 0 Å². The van der Waals surface area contributed by atoms with Gasteiger partial charge in [0.05, 0.1) is 5.69 Å². The molecule has 0 N–H and O–H groups in total. The number of allylic oxidation sites excluding steroid dienone is 1. The Labute approximate surface area is 197 Å². The molecule has 6 rings (SSSR count). The van der Waals surface area contributed by atoms with Gasteiger partial charge in [0.1, 0.15) is 23.7 Å². The second-order valence-corrected chi connectivity index (χ2v) is 12.1. The average Bonchev–Trinajstić information content (AvgIpc) is 3.52. The predicted octanol–water partition coefficient (Wildman–Crippen LogP) is 7.66. The van der Waals surface area contributed by atoms with Gasteiger partial charge in [-0.05, 0) is 72.4 Å². The van der Waals surface area contributed by atoms with Crippen molar-refractivity contribution in [3.05, 3.63) is 70.1 Å². The Balaban J connectivity index is 1.55. The summed E-state index contributed by atoms with van der Waals surface area (Å²) in [6, 6.07) is 13.7. The van der Waals surface area contributed by atoms with E-state index in [-0.39, 0.29) is 28.5 Å². The molecule has 1 unspecified atom stereocenters. The van der Waals surface area contributed by atoms with Crippen molar-refractivity contribution in [2.75, 3.05) is 0 Å². The zero-order valence-corrected chi connectivity index (χ0v) is 20.6. The first-order valence-electron chi connectivity index (χ1n) is 12.2. The van der Waals surface area contributed by atoms with Gasteiger partial charge in [-0.15, -0.1) is 0 Å². The Bertz CT molecular complexity index is 1260. The molecule has 3 nitrogen and oxygen atoms in total. The molecule has 170 valence electrons. The van der Waals surface area contributed by atoms with Gasteiger partial charge < -0.3 is 9.47 Å². The van der Waals surface area contributed by atoms with Crippen LogP contribution in [-0.4, -0.2) is 11.8 Å². The fourth-order valence-electron chi connectivity index (χ4n) is 7.22. The second kappa shape index (κ2) is 6.72. The summed E-state index contributed by atoms with van der Waals surface area (Å²) in [7, 11) is 0. The van der Waals surface area contributed by atoms with E-state index in [1.807, 2.05) is 6.92 Å². The van der Waals surface area contributed by atoms with Gasteiger partial charge >= 0.3 is 0 Å². The smallest absolute Gasteiger partial charge is 0.143 e. The zero-order chi connectivity index (χ0) is 23.2. The maximum Gasteiger partial charge on any atom is 0.143 e. The third-order valence-corrected chi connectivity index (χ3v) is 7.86. The number of ether oxygens (including phenoxy) is 2. The molecule has 2 aromatic carbocycles. The highest BCUT2D eigenvalue weighted by molar-refractivity contribution is 5.94. The number of fused-ring (bicyclic) bond motifs is 4. The standard InChI is InChI=1S/C30H33NO2/c1-18-7-8-20-13-21(10-12-25(20)32-18)30(16-28(3,4)15-29(5,6)17-30)22-9-11-23-24(14-22)31-19(2)26-27(23)33-26/h8-14,26-27H,15-17H2,1-6H3/t26?,27-/m0/s1. The van der Waals surface area contributed by atoms with Crippen LogP contribution in [0.25, 0.3) is 6.08 Å². The van der Waals surface area contributed by atoms with Gasteiger partial charge in [-0.3, -0.25) is 4.99 Å². The Morgan fingerprint density at radius 2 is 1.58 bits per heavy atom. The molecule has 0 radical (unpaired) electrons. The van der Waals surface area contributed by atoms with Crippen molar-refractivity contribution in [3.63, 3.8) is 0 Å². The number of epoxide rings is 1. The second-order valence-electron chi connectivity index (χ2n) is 12.1. The average molecular weight is 440 g/mol. The summed E-state index contributed by atoms with van der Waals surface area (Å²) in [5.74, 6) is 1.73. The van der Waals surface area contributed by atoms with E-state index in [1.54, 1.807) is 0 Å². The van der Waals surface area contributed by atoms with Crippen LogP contribution in [0.5, 0.6) is 5.75 Å². The molecule has 2 aromatic rings. The molecule has 2 fully saturated rings. The quantitative estimate of drug-likeness (QED) is 0.355. The highest BCUT2D eigenvalue weighted by Crippen LogP contribution is 2.59. The summed E-state index contributed by atoms with van der Waals surface area (Å²) in [5, 5.41) is 0. The van der Waals surface area contributed by atoms with Gasteiger partial charge in [0.15, 0.2) is 0 Å². The lowest BCUT2D eigenvalue weighted by Crippen LogP contribution is -2.45. The topological polar surface area (TPSA) is 34.1 Å². The minimum absolute atomic E-state index is 0.0932. The molecule has 3 heterocycles. The molecule has 3 heteroatoms. The van der Waals surface area contributed by atoms with E-state index in [9.17, 15) is 0 Å². The van der Waals surface area contributed by atoms with Gasteiger partial charge in [-0.1, -0.05) is 51.6 Å². The van der Waals surface area contributed by atoms with Crippen molar-refractivity contribution in [2.45, 2.75) is 78.4 Å². The Morgan fingerprint density at radius 3 is 2.33 bits per heavy atom. The summed E-state index contributed by atoms with van der Waals surface area (Å²) in [6.07, 6.45) is 5.88. The van der Waals surface area contributed by atoms with Crippen molar-refractivity contribution < 1.29 is 9.47 Å². The van der Waals surface area contributed by atoms with E-state index in [0.717, 1.165) is 41.3 Å². The molecular weight excluding hydrogens is 406 g/mol. The maximum atomic E-state index is 5.94. The lowest BCUT2D eigenvalue weighted by atomic mass is 9.51. The number of hydrogen-bond acceptors (Lipinski definition) is 3. The van der Waals surface area contributed by atoms with Crippen molar-refractivity contribution in [1.29, 1.82) is 0 Å². The molecule has 0 amide bonds. The lowest BCUT2D eigenvalue weighted by molar-refractivity contribution is 0.0626. The molecule has 0 aromatic heterocycles. The van der Waals surface area contributed by atoms with Gasteiger partial charge in [0.25, 0.3) is 0 Å². The minimum atomic E-state index is -0.0932. The lowest BCUT2D eigenvalue weighted by Gasteiger charge is -2.53. The molecule has 0 bridgehead atoms. The SMILES string of the molecule is CC1=C=Cc2cc(C3(c4ccc5c(c4)N=C(C)C4O[C@@H]54)CC(C)(C)CC(C)(C)C3)ccc2O1. The number of nitrogens with zero attached hydrogens (tertiary/aromatic N) is 1. The first kappa shape index (κ1) is 21.0. The van der Waals surface area contributed by atoms with Crippen LogP contribution >= 0.6 is 0 Å². The molecule has 3 aliphatic heterocycles. The monoisotopic (exact) mass is 439 g/mol. The van der Waals surface area contributed by atoms with Crippen LogP contribution in [0.4, 0.5) is 5.69 Å². The number of aliphatic imine (C=N–C) groups is 1. The van der Waals surface area contributed by atoms with Crippen molar-refractivity contribution in [1.82, 2.24) is 0 Å². The Morgan fingerprint density at radius 1 is 0.879 bits per heavy atom. The first-order valence-corrected chi connectivity index (χ1v) is 12.2. The van der Waals surface area contributed by atoms with Gasteiger partial charge in [0.2, 0.25) is 0 Å². The van der Waals surface area contributed by atoms with Crippen molar-refractivity contribution in [2.24, 2.45) is 15.8 Å². The number of hydrogen-bond donors (Lipinski definition) is 0. The van der Waals surface area contributed by atoms with Crippen LogP contribution in [0.3, 0.4) is 0 Å². The summed E-state index contributed by atoms with van der Waals surface area (Å²) >= 11 is 0. The van der Waals surface area contributed by atoms with Gasteiger partial charge in [0, 0.05) is 29.2 Å². The Hall–Kier alpha value is -2.61. The fraction of sp³-hybridized carbons (Fsp3) is 0.467.